The minimum absolute atomic E-state index is 0.120. The van der Waals surface area contributed by atoms with Crippen molar-refractivity contribution in [2.24, 2.45) is 7.05 Å². The van der Waals surface area contributed by atoms with Crippen LogP contribution in [0.15, 0.2) is 42.0 Å². The highest BCUT2D eigenvalue weighted by atomic mass is 32.1. The number of fused-ring (bicyclic) bond motifs is 2. The molecule has 0 aliphatic carbocycles. The third-order valence-corrected chi connectivity index (χ3v) is 5.79. The summed E-state index contributed by atoms with van der Waals surface area (Å²) >= 11 is 1.25. The van der Waals surface area contributed by atoms with Crippen LogP contribution in [0.2, 0.25) is 0 Å². The molecule has 5 nitrogen and oxygen atoms in total. The van der Waals surface area contributed by atoms with Gasteiger partial charge in [-0.3, -0.25) is 9.48 Å². The summed E-state index contributed by atoms with van der Waals surface area (Å²) in [6, 6.07) is 8.10. The number of hydrogen-bond donors (Lipinski definition) is 0. The van der Waals surface area contributed by atoms with E-state index in [1.54, 1.807) is 17.2 Å². The number of halogens is 2. The van der Waals surface area contributed by atoms with E-state index < -0.39 is 11.6 Å². The number of carbonyl (C=O) groups excluding carboxylic acids is 1. The molecule has 2 aromatic heterocycles. The van der Waals surface area contributed by atoms with E-state index >= 15 is 0 Å². The largest absolute Gasteiger partial charge is 0.327 e. The standard InChI is InChI=1S/C20H14F2N4OS/c1-25-7-13-12(3-2-4-17(13)24-25)11-5-15(21)14(16(22)6-11)8-26-9-18-19(20(26)27)28-10-23-18/h2-7,10H,8-9H2,1H3. The zero-order valence-corrected chi connectivity index (χ0v) is 15.6. The Balaban J connectivity index is 1.51. The van der Waals surface area contributed by atoms with Crippen LogP contribution in [-0.2, 0) is 20.1 Å². The van der Waals surface area contributed by atoms with Gasteiger partial charge >= 0.3 is 0 Å². The molecule has 140 valence electrons. The maximum atomic E-state index is 14.8. The van der Waals surface area contributed by atoms with Crippen molar-refractivity contribution in [1.82, 2.24) is 19.7 Å². The maximum absolute atomic E-state index is 14.8. The van der Waals surface area contributed by atoms with Crippen LogP contribution >= 0.6 is 11.3 Å². The minimum atomic E-state index is -0.674. The van der Waals surface area contributed by atoms with E-state index in [0.29, 0.717) is 21.7 Å². The summed E-state index contributed by atoms with van der Waals surface area (Å²) in [5, 5.41) is 5.15. The Bertz CT molecular complexity index is 1220. The summed E-state index contributed by atoms with van der Waals surface area (Å²) in [6.45, 7) is 0.143. The number of amides is 1. The van der Waals surface area contributed by atoms with Crippen molar-refractivity contribution in [2.75, 3.05) is 0 Å². The van der Waals surface area contributed by atoms with Gasteiger partial charge in [-0.1, -0.05) is 12.1 Å². The fourth-order valence-electron chi connectivity index (χ4n) is 3.59. The molecule has 0 unspecified atom stereocenters. The zero-order valence-electron chi connectivity index (χ0n) is 14.8. The molecule has 0 atom stereocenters. The molecule has 0 saturated carbocycles. The molecule has 0 N–H and O–H groups in total. The van der Waals surface area contributed by atoms with Crippen molar-refractivity contribution in [3.63, 3.8) is 0 Å². The van der Waals surface area contributed by atoms with Crippen LogP contribution in [0, 0.1) is 11.6 Å². The van der Waals surface area contributed by atoms with E-state index in [-0.39, 0.29) is 24.6 Å². The first-order chi connectivity index (χ1) is 13.5. The van der Waals surface area contributed by atoms with Crippen LogP contribution in [0.4, 0.5) is 8.78 Å². The summed E-state index contributed by atoms with van der Waals surface area (Å²) in [5.41, 5.74) is 4.05. The summed E-state index contributed by atoms with van der Waals surface area (Å²) < 4.78 is 31.3. The van der Waals surface area contributed by atoms with Gasteiger partial charge in [-0.15, -0.1) is 11.3 Å². The number of nitrogens with zero attached hydrogens (tertiary/aromatic N) is 4. The topological polar surface area (TPSA) is 51.0 Å². The highest BCUT2D eigenvalue weighted by Crippen LogP contribution is 2.32. The van der Waals surface area contributed by atoms with Gasteiger partial charge in [-0.25, -0.2) is 13.8 Å². The monoisotopic (exact) mass is 396 g/mol. The molecule has 0 fully saturated rings. The van der Waals surface area contributed by atoms with E-state index in [1.165, 1.54) is 28.4 Å². The van der Waals surface area contributed by atoms with E-state index in [0.717, 1.165) is 10.9 Å². The number of benzene rings is 2. The molecule has 2 aromatic carbocycles. The van der Waals surface area contributed by atoms with Crippen molar-refractivity contribution in [2.45, 2.75) is 13.1 Å². The lowest BCUT2D eigenvalue weighted by Crippen LogP contribution is -2.24. The number of rotatable bonds is 3. The molecule has 1 aliphatic heterocycles. The van der Waals surface area contributed by atoms with Gasteiger partial charge in [0, 0.05) is 24.2 Å². The van der Waals surface area contributed by atoms with Gasteiger partial charge in [0.2, 0.25) is 0 Å². The van der Waals surface area contributed by atoms with Crippen molar-refractivity contribution in [3.05, 3.63) is 69.8 Å². The predicted octanol–water partition coefficient (Wildman–Crippen LogP) is 4.13. The first kappa shape index (κ1) is 17.0. The van der Waals surface area contributed by atoms with Crippen molar-refractivity contribution < 1.29 is 13.6 Å². The van der Waals surface area contributed by atoms with Crippen LogP contribution < -0.4 is 0 Å². The fraction of sp³-hybridized carbons (Fsp3) is 0.150. The Labute approximate surface area is 162 Å². The Morgan fingerprint density at radius 3 is 2.75 bits per heavy atom. The molecule has 4 aromatic rings. The van der Waals surface area contributed by atoms with Crippen LogP contribution in [0.25, 0.3) is 22.0 Å². The van der Waals surface area contributed by atoms with E-state index in [2.05, 4.69) is 10.1 Å². The van der Waals surface area contributed by atoms with Gasteiger partial charge in [0.15, 0.2) is 0 Å². The Kier molecular flexibility index (Phi) is 3.77. The first-order valence-corrected chi connectivity index (χ1v) is 9.51. The molecule has 1 aliphatic rings. The summed E-state index contributed by atoms with van der Waals surface area (Å²) in [4.78, 5) is 18.4. The quantitative estimate of drug-likeness (QED) is 0.523. The smallest absolute Gasteiger partial charge is 0.266 e. The van der Waals surface area contributed by atoms with Gasteiger partial charge in [-0.2, -0.15) is 5.10 Å². The fourth-order valence-corrected chi connectivity index (χ4v) is 4.36. The van der Waals surface area contributed by atoms with E-state index in [9.17, 15) is 13.6 Å². The third kappa shape index (κ3) is 2.60. The Hall–Kier alpha value is -3.13. The number of hydrogen-bond acceptors (Lipinski definition) is 4. The lowest BCUT2D eigenvalue weighted by molar-refractivity contribution is 0.0766. The van der Waals surface area contributed by atoms with E-state index in [1.807, 2.05) is 24.4 Å². The van der Waals surface area contributed by atoms with Gasteiger partial charge in [0.05, 0.1) is 29.8 Å². The summed E-state index contributed by atoms with van der Waals surface area (Å²) in [7, 11) is 1.80. The summed E-state index contributed by atoms with van der Waals surface area (Å²) in [5.74, 6) is -1.58. The number of aromatic nitrogens is 3. The minimum Gasteiger partial charge on any atom is -0.327 e. The van der Waals surface area contributed by atoms with Crippen molar-refractivity contribution >= 4 is 28.1 Å². The van der Waals surface area contributed by atoms with Crippen LogP contribution in [0.5, 0.6) is 0 Å². The average Bonchev–Trinajstić information content (AvgIpc) is 3.33. The zero-order chi connectivity index (χ0) is 19.4. The highest BCUT2D eigenvalue weighted by Gasteiger charge is 2.31. The predicted molar refractivity (Wildman–Crippen MR) is 102 cm³/mol. The Morgan fingerprint density at radius 2 is 2.00 bits per heavy atom. The molecule has 0 bridgehead atoms. The van der Waals surface area contributed by atoms with Crippen LogP contribution in [0.3, 0.4) is 0 Å². The molecule has 0 radical (unpaired) electrons. The van der Waals surface area contributed by atoms with Gasteiger partial charge in [0.1, 0.15) is 16.5 Å². The maximum Gasteiger partial charge on any atom is 0.266 e. The lowest BCUT2D eigenvalue weighted by atomic mass is 9.99. The number of carbonyl (C=O) groups is 1. The van der Waals surface area contributed by atoms with Gasteiger partial charge < -0.3 is 4.90 Å². The number of aryl methyl sites for hydroxylation is 1. The first-order valence-electron chi connectivity index (χ1n) is 8.63. The molecular formula is C20H14F2N4OS. The molecular weight excluding hydrogens is 382 g/mol. The molecule has 3 heterocycles. The molecule has 0 saturated heterocycles. The molecule has 1 amide bonds. The highest BCUT2D eigenvalue weighted by molar-refractivity contribution is 7.12. The van der Waals surface area contributed by atoms with Gasteiger partial charge in [0.25, 0.3) is 5.91 Å². The summed E-state index contributed by atoms with van der Waals surface area (Å²) in [6.07, 6.45) is 1.82. The molecule has 5 rings (SSSR count). The molecule has 28 heavy (non-hydrogen) atoms. The van der Waals surface area contributed by atoms with E-state index in [4.69, 9.17) is 0 Å². The Morgan fingerprint density at radius 1 is 1.21 bits per heavy atom. The number of thiazole rings is 1. The average molecular weight is 396 g/mol. The third-order valence-electron chi connectivity index (χ3n) is 4.93. The second-order valence-corrected chi connectivity index (χ2v) is 7.60. The van der Waals surface area contributed by atoms with Crippen molar-refractivity contribution in [1.29, 1.82) is 0 Å². The molecule has 0 spiro atoms. The van der Waals surface area contributed by atoms with Crippen molar-refractivity contribution in [3.8, 4) is 11.1 Å². The SMILES string of the molecule is Cn1cc2c(-c3cc(F)c(CN4Cc5ncsc5C4=O)c(F)c3)cccc2n1. The van der Waals surface area contributed by atoms with Crippen LogP contribution in [-0.4, -0.2) is 25.6 Å². The second-order valence-electron chi connectivity index (χ2n) is 6.75. The second kappa shape index (κ2) is 6.20. The molecule has 8 heteroatoms. The van der Waals surface area contributed by atoms with Gasteiger partial charge in [-0.05, 0) is 29.3 Å². The van der Waals surface area contributed by atoms with Crippen LogP contribution in [0.1, 0.15) is 20.9 Å². The normalized spacial score (nSPS) is 13.5. The lowest BCUT2D eigenvalue weighted by Gasteiger charge is -2.17.